The fourth-order valence-corrected chi connectivity index (χ4v) is 3.48. The van der Waals surface area contributed by atoms with Crippen molar-refractivity contribution in [1.29, 1.82) is 0 Å². The van der Waals surface area contributed by atoms with Crippen molar-refractivity contribution in [1.82, 2.24) is 10.2 Å². The van der Waals surface area contributed by atoms with Gasteiger partial charge in [0, 0.05) is 17.8 Å². The molecule has 0 atom stereocenters. The highest BCUT2D eigenvalue weighted by atomic mass is 32.1. The number of nitrogens with zero attached hydrogens (tertiary/aromatic N) is 1. The molecule has 1 heterocycles. The van der Waals surface area contributed by atoms with Crippen LogP contribution in [0.2, 0.25) is 0 Å². The summed E-state index contributed by atoms with van der Waals surface area (Å²) in [5.41, 5.74) is 2.69. The Bertz CT molecular complexity index is 800. The highest BCUT2D eigenvalue weighted by molar-refractivity contribution is 7.80. The van der Waals surface area contributed by atoms with Crippen molar-refractivity contribution in [3.63, 3.8) is 0 Å². The van der Waals surface area contributed by atoms with Crippen molar-refractivity contribution in [3.8, 4) is 5.75 Å². The fourth-order valence-electron chi connectivity index (χ4n) is 3.27. The monoisotopic (exact) mass is 411 g/mol. The third kappa shape index (κ3) is 6.84. The molecule has 0 unspecified atom stereocenters. The number of carbonyl (C=O) groups is 1. The lowest BCUT2D eigenvalue weighted by atomic mass is 10.2. The van der Waals surface area contributed by atoms with Gasteiger partial charge in [-0.2, -0.15) is 0 Å². The van der Waals surface area contributed by atoms with Crippen molar-refractivity contribution in [2.24, 2.45) is 0 Å². The zero-order chi connectivity index (χ0) is 20.5. The first-order valence-electron chi connectivity index (χ1n) is 10.3. The van der Waals surface area contributed by atoms with E-state index in [0.717, 1.165) is 30.8 Å². The van der Waals surface area contributed by atoms with Gasteiger partial charge in [0.2, 0.25) is 0 Å². The van der Waals surface area contributed by atoms with Crippen LogP contribution in [-0.4, -0.2) is 35.6 Å². The summed E-state index contributed by atoms with van der Waals surface area (Å²) in [6, 6.07) is 15.3. The van der Waals surface area contributed by atoms with Crippen LogP contribution >= 0.6 is 12.2 Å². The van der Waals surface area contributed by atoms with Gasteiger partial charge in [0.1, 0.15) is 5.75 Å². The van der Waals surface area contributed by atoms with Crippen molar-refractivity contribution in [2.45, 2.75) is 39.2 Å². The number of rotatable bonds is 8. The molecule has 3 rings (SSSR count). The smallest absolute Gasteiger partial charge is 0.257 e. The number of hydrogen-bond donors (Lipinski definition) is 2. The fraction of sp³-hybridized carbons (Fsp3) is 0.391. The Balaban J connectivity index is 1.46. The molecule has 0 saturated carbocycles. The first kappa shape index (κ1) is 21.3. The third-order valence-electron chi connectivity index (χ3n) is 4.93. The number of amides is 1. The summed E-state index contributed by atoms with van der Waals surface area (Å²) in [5, 5.41) is 6.08. The van der Waals surface area contributed by atoms with E-state index in [1.54, 1.807) is 24.3 Å². The normalized spacial score (nSPS) is 13.8. The Morgan fingerprint density at radius 2 is 1.76 bits per heavy atom. The van der Waals surface area contributed by atoms with Crippen LogP contribution in [0.5, 0.6) is 5.75 Å². The quantitative estimate of drug-likeness (QED) is 0.492. The second-order valence-electron chi connectivity index (χ2n) is 7.31. The molecule has 6 heteroatoms. The van der Waals surface area contributed by atoms with Gasteiger partial charge in [-0.1, -0.05) is 25.5 Å². The van der Waals surface area contributed by atoms with E-state index in [1.807, 2.05) is 12.1 Å². The number of likely N-dealkylation sites (tertiary alicyclic amines) is 1. The molecule has 154 valence electrons. The van der Waals surface area contributed by atoms with Gasteiger partial charge in [-0.05, 0) is 86.5 Å². The highest BCUT2D eigenvalue weighted by Gasteiger charge is 2.12. The molecule has 2 aromatic rings. The lowest BCUT2D eigenvalue weighted by Gasteiger charge is -2.15. The predicted octanol–water partition coefficient (Wildman–Crippen LogP) is 4.59. The van der Waals surface area contributed by atoms with E-state index in [0.29, 0.717) is 12.2 Å². The Labute approximate surface area is 178 Å². The van der Waals surface area contributed by atoms with E-state index in [4.69, 9.17) is 17.0 Å². The van der Waals surface area contributed by atoms with Crippen LogP contribution in [0.1, 0.15) is 48.5 Å². The largest absolute Gasteiger partial charge is 0.494 e. The Morgan fingerprint density at radius 1 is 1.07 bits per heavy atom. The second-order valence-corrected chi connectivity index (χ2v) is 7.72. The first-order valence-corrected chi connectivity index (χ1v) is 10.7. The van der Waals surface area contributed by atoms with Crippen LogP contribution in [0.4, 0.5) is 5.69 Å². The Hall–Kier alpha value is -2.44. The number of unbranched alkanes of at least 4 members (excludes halogenated alkanes) is 1. The SMILES string of the molecule is CCCCOc1ccc(C(=O)NC(=S)Nc2ccc(CN3CCCC3)cc2)cc1. The minimum absolute atomic E-state index is 0.242. The number of ether oxygens (including phenoxy) is 1. The Kier molecular flexibility index (Phi) is 8.02. The van der Waals surface area contributed by atoms with Gasteiger partial charge in [-0.15, -0.1) is 0 Å². The van der Waals surface area contributed by atoms with E-state index in [2.05, 4.69) is 34.6 Å². The molecular formula is C23H29N3O2S. The summed E-state index contributed by atoms with van der Waals surface area (Å²) in [5.74, 6) is 0.526. The number of anilines is 1. The maximum Gasteiger partial charge on any atom is 0.257 e. The maximum absolute atomic E-state index is 12.4. The van der Waals surface area contributed by atoms with Gasteiger partial charge in [0.15, 0.2) is 5.11 Å². The average Bonchev–Trinajstić information content (AvgIpc) is 3.23. The van der Waals surface area contributed by atoms with Crippen molar-refractivity contribution in [3.05, 3.63) is 59.7 Å². The molecule has 1 aliphatic rings. The van der Waals surface area contributed by atoms with Crippen LogP contribution in [0.25, 0.3) is 0 Å². The van der Waals surface area contributed by atoms with E-state index >= 15 is 0 Å². The minimum Gasteiger partial charge on any atom is -0.494 e. The van der Waals surface area contributed by atoms with E-state index in [9.17, 15) is 4.79 Å². The number of thiocarbonyl (C=S) groups is 1. The van der Waals surface area contributed by atoms with Crippen LogP contribution in [0.3, 0.4) is 0 Å². The molecule has 0 aliphatic carbocycles. The van der Waals surface area contributed by atoms with Gasteiger partial charge >= 0.3 is 0 Å². The maximum atomic E-state index is 12.4. The molecule has 0 bridgehead atoms. The molecule has 1 amide bonds. The van der Waals surface area contributed by atoms with Gasteiger partial charge in [0.05, 0.1) is 6.61 Å². The van der Waals surface area contributed by atoms with Crippen LogP contribution in [0.15, 0.2) is 48.5 Å². The number of nitrogens with one attached hydrogen (secondary N) is 2. The number of hydrogen-bond acceptors (Lipinski definition) is 4. The first-order chi connectivity index (χ1) is 14.1. The molecule has 0 radical (unpaired) electrons. The molecular weight excluding hydrogens is 382 g/mol. The number of carbonyl (C=O) groups excluding carboxylic acids is 1. The van der Waals surface area contributed by atoms with Crippen LogP contribution < -0.4 is 15.4 Å². The summed E-state index contributed by atoms with van der Waals surface area (Å²) < 4.78 is 5.62. The lowest BCUT2D eigenvalue weighted by Crippen LogP contribution is -2.34. The average molecular weight is 412 g/mol. The topological polar surface area (TPSA) is 53.6 Å². The highest BCUT2D eigenvalue weighted by Crippen LogP contribution is 2.16. The molecule has 1 fully saturated rings. The van der Waals surface area contributed by atoms with Gasteiger partial charge < -0.3 is 10.1 Å². The van der Waals surface area contributed by atoms with Gasteiger partial charge in [-0.25, -0.2) is 0 Å². The van der Waals surface area contributed by atoms with E-state index in [-0.39, 0.29) is 11.0 Å². The van der Waals surface area contributed by atoms with Crippen LogP contribution in [-0.2, 0) is 6.54 Å². The zero-order valence-electron chi connectivity index (χ0n) is 16.9. The predicted molar refractivity (Wildman–Crippen MR) is 121 cm³/mol. The molecule has 0 aromatic heterocycles. The van der Waals surface area contributed by atoms with E-state index < -0.39 is 0 Å². The summed E-state index contributed by atoms with van der Waals surface area (Å²) >= 11 is 5.28. The van der Waals surface area contributed by atoms with E-state index in [1.165, 1.54) is 31.5 Å². The third-order valence-corrected chi connectivity index (χ3v) is 5.13. The molecule has 1 saturated heterocycles. The number of benzene rings is 2. The Morgan fingerprint density at radius 3 is 2.41 bits per heavy atom. The summed E-state index contributed by atoms with van der Waals surface area (Å²) in [6.07, 6.45) is 4.69. The summed E-state index contributed by atoms with van der Waals surface area (Å²) in [4.78, 5) is 14.8. The lowest BCUT2D eigenvalue weighted by molar-refractivity contribution is 0.0977. The van der Waals surface area contributed by atoms with Crippen LogP contribution in [0, 0.1) is 0 Å². The van der Waals surface area contributed by atoms with Gasteiger partial charge in [-0.3, -0.25) is 15.0 Å². The van der Waals surface area contributed by atoms with Crippen molar-refractivity contribution in [2.75, 3.05) is 25.0 Å². The molecule has 2 N–H and O–H groups in total. The summed E-state index contributed by atoms with van der Waals surface area (Å²) in [7, 11) is 0. The second kappa shape index (κ2) is 10.9. The van der Waals surface area contributed by atoms with Crippen molar-refractivity contribution >= 4 is 28.9 Å². The molecule has 1 aliphatic heterocycles. The molecule has 2 aromatic carbocycles. The minimum atomic E-state index is -0.242. The zero-order valence-corrected chi connectivity index (χ0v) is 17.8. The molecule has 5 nitrogen and oxygen atoms in total. The molecule has 29 heavy (non-hydrogen) atoms. The summed E-state index contributed by atoms with van der Waals surface area (Å²) in [6.45, 7) is 6.16. The van der Waals surface area contributed by atoms with Gasteiger partial charge in [0.25, 0.3) is 5.91 Å². The van der Waals surface area contributed by atoms with Crippen molar-refractivity contribution < 1.29 is 9.53 Å². The molecule has 0 spiro atoms. The standard InChI is InChI=1S/C23H29N3O2S/c1-2-3-16-28-21-12-8-19(9-13-21)22(27)25-23(29)24-20-10-6-18(7-11-20)17-26-14-4-5-15-26/h6-13H,2-5,14-17H2,1H3,(H2,24,25,27,29).